The summed E-state index contributed by atoms with van der Waals surface area (Å²) in [5.74, 6) is 1.50. The first-order chi connectivity index (χ1) is 14.8. The van der Waals surface area contributed by atoms with Gasteiger partial charge in [0, 0.05) is 6.42 Å². The number of hydrogen-bond acceptors (Lipinski definition) is 0. The molecule has 0 atom stereocenters. The van der Waals surface area contributed by atoms with Gasteiger partial charge in [-0.05, 0) is 24.8 Å². The van der Waals surface area contributed by atoms with Gasteiger partial charge in [0.2, 0.25) is 0 Å². The van der Waals surface area contributed by atoms with Crippen molar-refractivity contribution in [2.45, 2.75) is 123 Å². The minimum atomic E-state index is 0.991. The van der Waals surface area contributed by atoms with Crippen LogP contribution in [0.5, 0.6) is 0 Å². The van der Waals surface area contributed by atoms with Gasteiger partial charge in [0.15, 0.2) is 0 Å². The number of imidazole rings is 1. The number of benzene rings is 1. The van der Waals surface area contributed by atoms with E-state index in [1.54, 1.807) is 0 Å². The molecule has 0 radical (unpaired) electrons. The SMILES string of the molecule is CCCCCCCCCCCCCC[n+]1ccn(Cc2ccccc2)c1CCCC. The fourth-order valence-corrected chi connectivity index (χ4v) is 4.37. The van der Waals surface area contributed by atoms with Crippen molar-refractivity contribution in [3.05, 3.63) is 54.1 Å². The van der Waals surface area contributed by atoms with Crippen LogP contribution in [0.25, 0.3) is 0 Å². The van der Waals surface area contributed by atoms with Crippen molar-refractivity contribution in [1.82, 2.24) is 4.57 Å². The van der Waals surface area contributed by atoms with Crippen molar-refractivity contribution in [3.8, 4) is 0 Å². The molecule has 1 heterocycles. The van der Waals surface area contributed by atoms with Crippen LogP contribution in [0.3, 0.4) is 0 Å². The molecule has 0 bridgehead atoms. The maximum absolute atomic E-state index is 2.52. The van der Waals surface area contributed by atoms with E-state index < -0.39 is 0 Å². The van der Waals surface area contributed by atoms with E-state index in [2.05, 4.69) is 65.7 Å². The Bertz CT molecular complexity index is 644. The van der Waals surface area contributed by atoms with Crippen molar-refractivity contribution < 1.29 is 4.57 Å². The summed E-state index contributed by atoms with van der Waals surface area (Å²) >= 11 is 0. The van der Waals surface area contributed by atoms with Gasteiger partial charge in [0.25, 0.3) is 5.82 Å². The number of nitrogens with zero attached hydrogens (tertiary/aromatic N) is 2. The maximum Gasteiger partial charge on any atom is 0.256 e. The Morgan fingerprint density at radius 2 is 1.23 bits per heavy atom. The highest BCUT2D eigenvalue weighted by Gasteiger charge is 2.16. The van der Waals surface area contributed by atoms with Gasteiger partial charge >= 0.3 is 0 Å². The van der Waals surface area contributed by atoms with Crippen molar-refractivity contribution in [2.75, 3.05) is 0 Å². The highest BCUT2D eigenvalue weighted by atomic mass is 15.1. The zero-order chi connectivity index (χ0) is 21.3. The molecule has 1 aromatic heterocycles. The van der Waals surface area contributed by atoms with Crippen LogP contribution < -0.4 is 4.57 Å². The van der Waals surface area contributed by atoms with E-state index >= 15 is 0 Å². The van der Waals surface area contributed by atoms with Gasteiger partial charge < -0.3 is 0 Å². The van der Waals surface area contributed by atoms with Gasteiger partial charge in [-0.2, -0.15) is 0 Å². The minimum Gasteiger partial charge on any atom is -0.234 e. The number of aryl methyl sites for hydroxylation is 1. The van der Waals surface area contributed by atoms with Gasteiger partial charge in [0.1, 0.15) is 18.9 Å². The second-order valence-corrected chi connectivity index (χ2v) is 9.01. The molecule has 0 fully saturated rings. The summed E-state index contributed by atoms with van der Waals surface area (Å²) in [6.07, 6.45) is 25.3. The maximum atomic E-state index is 2.52. The van der Waals surface area contributed by atoms with Crippen LogP contribution in [0, 0.1) is 0 Å². The van der Waals surface area contributed by atoms with Crippen LogP contribution in [-0.4, -0.2) is 4.57 Å². The standard InChI is InChI=1S/C28H47N2/c1-3-5-7-8-9-10-11-12-13-14-15-19-23-29-24-25-30(28(29)22-6-4-2)26-27-20-17-16-18-21-27/h16-18,20-21,24-25H,3-15,19,22-23,26H2,1-2H3/q+1. The molecule has 0 amide bonds. The lowest BCUT2D eigenvalue weighted by Crippen LogP contribution is -2.37. The highest BCUT2D eigenvalue weighted by Crippen LogP contribution is 2.12. The molecule has 0 aliphatic carbocycles. The van der Waals surface area contributed by atoms with Gasteiger partial charge in [-0.15, -0.1) is 0 Å². The molecule has 0 N–H and O–H groups in total. The molecule has 2 aromatic rings. The zero-order valence-corrected chi connectivity index (χ0v) is 20.0. The second-order valence-electron chi connectivity index (χ2n) is 9.01. The van der Waals surface area contributed by atoms with Crippen molar-refractivity contribution >= 4 is 0 Å². The highest BCUT2D eigenvalue weighted by molar-refractivity contribution is 5.15. The topological polar surface area (TPSA) is 8.81 Å². The van der Waals surface area contributed by atoms with Crippen molar-refractivity contribution in [3.63, 3.8) is 0 Å². The van der Waals surface area contributed by atoms with Crippen LogP contribution in [0.2, 0.25) is 0 Å². The summed E-state index contributed by atoms with van der Waals surface area (Å²) in [7, 11) is 0. The first kappa shape index (κ1) is 24.7. The lowest BCUT2D eigenvalue weighted by molar-refractivity contribution is -0.704. The van der Waals surface area contributed by atoms with Crippen LogP contribution in [0.1, 0.15) is 115 Å². The molecule has 0 saturated heterocycles. The Morgan fingerprint density at radius 3 is 1.83 bits per heavy atom. The number of rotatable bonds is 18. The Balaban J connectivity index is 1.64. The van der Waals surface area contributed by atoms with Crippen LogP contribution >= 0.6 is 0 Å². The molecule has 0 aliphatic rings. The van der Waals surface area contributed by atoms with Crippen molar-refractivity contribution in [1.29, 1.82) is 0 Å². The summed E-state index contributed by atoms with van der Waals surface area (Å²) in [4.78, 5) is 0. The fraction of sp³-hybridized carbons (Fsp3) is 0.679. The quantitative estimate of drug-likeness (QED) is 0.174. The summed E-state index contributed by atoms with van der Waals surface area (Å²) in [5, 5.41) is 0. The number of unbranched alkanes of at least 4 members (excludes halogenated alkanes) is 12. The van der Waals surface area contributed by atoms with E-state index in [1.165, 1.54) is 114 Å². The Kier molecular flexibility index (Phi) is 13.3. The number of aromatic nitrogens is 2. The first-order valence-electron chi connectivity index (χ1n) is 13.0. The van der Waals surface area contributed by atoms with Gasteiger partial charge in [-0.3, -0.25) is 0 Å². The minimum absolute atomic E-state index is 0.991. The van der Waals surface area contributed by atoms with Crippen molar-refractivity contribution in [2.24, 2.45) is 0 Å². The molecule has 30 heavy (non-hydrogen) atoms. The summed E-state index contributed by atoms with van der Waals surface area (Å²) < 4.78 is 4.99. The van der Waals surface area contributed by atoms with E-state index in [0.29, 0.717) is 0 Å². The third-order valence-electron chi connectivity index (χ3n) is 6.29. The average molecular weight is 412 g/mol. The Hall–Kier alpha value is -1.57. The average Bonchev–Trinajstić information content (AvgIpc) is 3.14. The van der Waals surface area contributed by atoms with Gasteiger partial charge in [-0.1, -0.05) is 115 Å². The molecule has 2 rings (SSSR count). The predicted molar refractivity (Wildman–Crippen MR) is 130 cm³/mol. The van der Waals surface area contributed by atoms with E-state index in [4.69, 9.17) is 0 Å². The second kappa shape index (κ2) is 16.2. The smallest absolute Gasteiger partial charge is 0.234 e. The molecular formula is C28H47N2+. The fourth-order valence-electron chi connectivity index (χ4n) is 4.37. The molecule has 1 aromatic carbocycles. The molecule has 0 aliphatic heterocycles. The number of hydrogen-bond donors (Lipinski definition) is 0. The molecule has 0 spiro atoms. The third-order valence-corrected chi connectivity index (χ3v) is 6.29. The third kappa shape index (κ3) is 9.96. The molecule has 168 valence electrons. The Labute approximate surface area is 186 Å². The summed E-state index contributed by atoms with van der Waals surface area (Å²) in [5.41, 5.74) is 1.39. The van der Waals surface area contributed by atoms with Gasteiger partial charge in [0.05, 0.1) is 6.54 Å². The molecule has 2 heteroatoms. The normalized spacial score (nSPS) is 11.3. The molecule has 2 nitrogen and oxygen atoms in total. The van der Waals surface area contributed by atoms with Crippen LogP contribution in [0.4, 0.5) is 0 Å². The van der Waals surface area contributed by atoms with Gasteiger partial charge in [-0.25, -0.2) is 9.13 Å². The van der Waals surface area contributed by atoms with E-state index in [-0.39, 0.29) is 0 Å². The predicted octanol–water partition coefficient (Wildman–Crippen LogP) is 7.87. The van der Waals surface area contributed by atoms with E-state index in [1.807, 2.05) is 0 Å². The lowest BCUT2D eigenvalue weighted by atomic mass is 10.1. The lowest BCUT2D eigenvalue weighted by Gasteiger charge is -2.06. The van der Waals surface area contributed by atoms with E-state index in [9.17, 15) is 0 Å². The largest absolute Gasteiger partial charge is 0.256 e. The molecular weight excluding hydrogens is 364 g/mol. The Morgan fingerprint density at radius 1 is 0.667 bits per heavy atom. The molecule has 0 unspecified atom stereocenters. The van der Waals surface area contributed by atoms with Crippen LogP contribution in [-0.2, 0) is 19.5 Å². The summed E-state index contributed by atoms with van der Waals surface area (Å²) in [6.45, 7) is 6.76. The van der Waals surface area contributed by atoms with Crippen LogP contribution in [0.15, 0.2) is 42.7 Å². The molecule has 0 saturated carbocycles. The monoisotopic (exact) mass is 411 g/mol. The zero-order valence-electron chi connectivity index (χ0n) is 20.0. The first-order valence-corrected chi connectivity index (χ1v) is 13.0. The summed E-state index contributed by atoms with van der Waals surface area (Å²) in [6, 6.07) is 10.9. The van der Waals surface area contributed by atoms with E-state index in [0.717, 1.165) is 6.54 Å².